The molecule has 0 radical (unpaired) electrons. The SMILES string of the molecule is CC1(C)COc2cc(-c3ccc(F)cc3)ccc2C1NC(=O)O. The first-order valence-corrected chi connectivity index (χ1v) is 7.39. The first-order chi connectivity index (χ1) is 10.9. The van der Waals surface area contributed by atoms with Crippen LogP contribution in [0.5, 0.6) is 5.75 Å². The Morgan fingerprint density at radius 3 is 2.52 bits per heavy atom. The lowest BCUT2D eigenvalue weighted by Crippen LogP contribution is -2.43. The molecule has 1 aliphatic rings. The van der Waals surface area contributed by atoms with Gasteiger partial charge in [-0.05, 0) is 29.3 Å². The minimum atomic E-state index is -1.06. The maximum absolute atomic E-state index is 13.0. The van der Waals surface area contributed by atoms with Crippen LogP contribution >= 0.6 is 0 Å². The fourth-order valence-electron chi connectivity index (χ4n) is 2.88. The molecule has 0 saturated carbocycles. The summed E-state index contributed by atoms with van der Waals surface area (Å²) in [7, 11) is 0. The van der Waals surface area contributed by atoms with Gasteiger partial charge in [0.05, 0.1) is 12.6 Å². The van der Waals surface area contributed by atoms with Gasteiger partial charge in [0.15, 0.2) is 0 Å². The standard InChI is InChI=1S/C18H18FNO3/c1-18(2)10-23-15-9-12(11-3-6-13(19)7-4-11)5-8-14(15)16(18)20-17(21)22/h3-9,16,20H,10H2,1-2H3,(H,21,22). The molecule has 2 N–H and O–H groups in total. The lowest BCUT2D eigenvalue weighted by Gasteiger charge is -2.39. The van der Waals surface area contributed by atoms with Crippen molar-refractivity contribution < 1.29 is 19.0 Å². The quantitative estimate of drug-likeness (QED) is 0.872. The molecule has 1 unspecified atom stereocenters. The van der Waals surface area contributed by atoms with Crippen LogP contribution in [0, 0.1) is 11.2 Å². The second-order valence-electron chi connectivity index (χ2n) is 6.42. The van der Waals surface area contributed by atoms with E-state index < -0.39 is 6.09 Å². The summed E-state index contributed by atoms with van der Waals surface area (Å²) in [6.07, 6.45) is -1.06. The highest BCUT2D eigenvalue weighted by molar-refractivity contribution is 5.69. The Bertz CT molecular complexity index is 740. The predicted molar refractivity (Wildman–Crippen MR) is 85.0 cm³/mol. The van der Waals surface area contributed by atoms with Gasteiger partial charge in [0.1, 0.15) is 11.6 Å². The number of nitrogens with one attached hydrogen (secondary N) is 1. The minimum Gasteiger partial charge on any atom is -0.493 e. The molecule has 0 spiro atoms. The van der Waals surface area contributed by atoms with Crippen LogP contribution in [0.1, 0.15) is 25.5 Å². The van der Waals surface area contributed by atoms with Crippen molar-refractivity contribution in [3.8, 4) is 16.9 Å². The molecule has 5 heteroatoms. The molecular formula is C18H18FNO3. The number of carbonyl (C=O) groups is 1. The molecular weight excluding hydrogens is 297 g/mol. The number of hydrogen-bond donors (Lipinski definition) is 2. The number of ether oxygens (including phenoxy) is 1. The number of halogens is 1. The monoisotopic (exact) mass is 315 g/mol. The molecule has 1 amide bonds. The average molecular weight is 315 g/mol. The van der Waals surface area contributed by atoms with Gasteiger partial charge in [0.25, 0.3) is 0 Å². The predicted octanol–water partition coefficient (Wildman–Crippen LogP) is 4.22. The van der Waals surface area contributed by atoms with Crippen LogP contribution in [0.2, 0.25) is 0 Å². The van der Waals surface area contributed by atoms with E-state index in [-0.39, 0.29) is 17.3 Å². The third-order valence-electron chi connectivity index (χ3n) is 4.15. The highest BCUT2D eigenvalue weighted by Gasteiger charge is 2.38. The normalized spacial score (nSPS) is 18.7. The Hall–Kier alpha value is -2.56. The number of hydrogen-bond acceptors (Lipinski definition) is 2. The third kappa shape index (κ3) is 2.99. The van der Waals surface area contributed by atoms with Crippen molar-refractivity contribution in [2.75, 3.05) is 6.61 Å². The van der Waals surface area contributed by atoms with E-state index in [2.05, 4.69) is 5.32 Å². The molecule has 1 atom stereocenters. The van der Waals surface area contributed by atoms with E-state index in [1.54, 1.807) is 12.1 Å². The van der Waals surface area contributed by atoms with E-state index in [1.807, 2.05) is 32.0 Å². The minimum absolute atomic E-state index is 0.282. The van der Waals surface area contributed by atoms with Gasteiger partial charge in [0.2, 0.25) is 0 Å². The summed E-state index contributed by atoms with van der Waals surface area (Å²) in [6, 6.07) is 11.5. The maximum atomic E-state index is 13.0. The molecule has 23 heavy (non-hydrogen) atoms. The summed E-state index contributed by atoms with van der Waals surface area (Å²) in [6.45, 7) is 4.34. The van der Waals surface area contributed by atoms with Crippen molar-refractivity contribution in [2.45, 2.75) is 19.9 Å². The van der Waals surface area contributed by atoms with Crippen molar-refractivity contribution in [3.63, 3.8) is 0 Å². The van der Waals surface area contributed by atoms with Crippen molar-refractivity contribution in [3.05, 3.63) is 53.8 Å². The van der Waals surface area contributed by atoms with Gasteiger partial charge in [0, 0.05) is 11.0 Å². The van der Waals surface area contributed by atoms with Crippen LogP contribution in [0.3, 0.4) is 0 Å². The van der Waals surface area contributed by atoms with E-state index in [0.29, 0.717) is 12.4 Å². The van der Waals surface area contributed by atoms with Crippen molar-refractivity contribution in [1.82, 2.24) is 5.32 Å². The van der Waals surface area contributed by atoms with Crippen LogP contribution in [-0.2, 0) is 0 Å². The molecule has 0 aliphatic carbocycles. The Morgan fingerprint density at radius 2 is 1.87 bits per heavy atom. The molecule has 2 aromatic rings. The van der Waals surface area contributed by atoms with Gasteiger partial charge in [-0.15, -0.1) is 0 Å². The first-order valence-electron chi connectivity index (χ1n) is 7.39. The van der Waals surface area contributed by atoms with Crippen molar-refractivity contribution >= 4 is 6.09 Å². The van der Waals surface area contributed by atoms with E-state index in [0.717, 1.165) is 16.7 Å². The number of carboxylic acid groups (broad SMARTS) is 1. The van der Waals surface area contributed by atoms with Crippen LogP contribution in [0.4, 0.5) is 9.18 Å². The zero-order valence-electron chi connectivity index (χ0n) is 13.0. The van der Waals surface area contributed by atoms with Crippen LogP contribution in [0.15, 0.2) is 42.5 Å². The fraction of sp³-hybridized carbons (Fsp3) is 0.278. The van der Waals surface area contributed by atoms with E-state index in [1.165, 1.54) is 12.1 Å². The molecule has 1 aliphatic heterocycles. The Balaban J connectivity index is 2.00. The smallest absolute Gasteiger partial charge is 0.405 e. The third-order valence-corrected chi connectivity index (χ3v) is 4.15. The van der Waals surface area contributed by atoms with Crippen LogP contribution < -0.4 is 10.1 Å². The highest BCUT2D eigenvalue weighted by Crippen LogP contribution is 2.44. The molecule has 120 valence electrons. The Labute approximate surface area is 133 Å². The van der Waals surface area contributed by atoms with E-state index in [4.69, 9.17) is 9.84 Å². The molecule has 0 bridgehead atoms. The number of fused-ring (bicyclic) bond motifs is 1. The molecule has 2 aromatic carbocycles. The highest BCUT2D eigenvalue weighted by atomic mass is 19.1. The molecule has 0 fully saturated rings. The topological polar surface area (TPSA) is 58.6 Å². The zero-order chi connectivity index (χ0) is 16.6. The second-order valence-corrected chi connectivity index (χ2v) is 6.42. The summed E-state index contributed by atoms with van der Waals surface area (Å²) in [5.41, 5.74) is 2.25. The van der Waals surface area contributed by atoms with E-state index >= 15 is 0 Å². The lowest BCUT2D eigenvalue weighted by molar-refractivity contribution is 0.0996. The van der Waals surface area contributed by atoms with Gasteiger partial charge >= 0.3 is 6.09 Å². The Morgan fingerprint density at radius 1 is 1.22 bits per heavy atom. The molecule has 1 heterocycles. The molecule has 0 saturated heterocycles. The summed E-state index contributed by atoms with van der Waals surface area (Å²) in [4.78, 5) is 11.1. The Kier molecular flexibility index (Phi) is 3.72. The molecule has 3 rings (SSSR count). The number of amides is 1. The largest absolute Gasteiger partial charge is 0.493 e. The van der Waals surface area contributed by atoms with E-state index in [9.17, 15) is 9.18 Å². The van der Waals surface area contributed by atoms with Gasteiger partial charge < -0.3 is 15.2 Å². The van der Waals surface area contributed by atoms with Gasteiger partial charge in [-0.2, -0.15) is 0 Å². The summed E-state index contributed by atoms with van der Waals surface area (Å²) in [5, 5.41) is 11.7. The van der Waals surface area contributed by atoms with Crippen molar-refractivity contribution in [2.24, 2.45) is 5.41 Å². The first kappa shape index (κ1) is 15.3. The number of benzene rings is 2. The zero-order valence-corrected chi connectivity index (χ0v) is 13.0. The maximum Gasteiger partial charge on any atom is 0.405 e. The average Bonchev–Trinajstić information content (AvgIpc) is 2.50. The van der Waals surface area contributed by atoms with Gasteiger partial charge in [-0.3, -0.25) is 0 Å². The molecule has 4 nitrogen and oxygen atoms in total. The van der Waals surface area contributed by atoms with Gasteiger partial charge in [-0.25, -0.2) is 9.18 Å². The summed E-state index contributed by atoms with van der Waals surface area (Å²) >= 11 is 0. The summed E-state index contributed by atoms with van der Waals surface area (Å²) in [5.74, 6) is 0.375. The summed E-state index contributed by atoms with van der Waals surface area (Å²) < 4.78 is 18.9. The van der Waals surface area contributed by atoms with Crippen molar-refractivity contribution in [1.29, 1.82) is 0 Å². The van der Waals surface area contributed by atoms with Crippen LogP contribution in [0.25, 0.3) is 11.1 Å². The van der Waals surface area contributed by atoms with Crippen LogP contribution in [-0.4, -0.2) is 17.8 Å². The van der Waals surface area contributed by atoms with Gasteiger partial charge in [-0.1, -0.05) is 38.1 Å². The fourth-order valence-corrected chi connectivity index (χ4v) is 2.88. The second kappa shape index (κ2) is 5.57. The molecule has 0 aromatic heterocycles. The lowest BCUT2D eigenvalue weighted by atomic mass is 9.78. The number of rotatable bonds is 2.